The van der Waals surface area contributed by atoms with Gasteiger partial charge in [0.25, 0.3) is 0 Å². The Labute approximate surface area is 147 Å². The van der Waals surface area contributed by atoms with E-state index < -0.39 is 0 Å². The van der Waals surface area contributed by atoms with E-state index in [9.17, 15) is 4.79 Å². The second-order valence-corrected chi connectivity index (χ2v) is 6.22. The van der Waals surface area contributed by atoms with E-state index in [1.807, 2.05) is 38.1 Å². The van der Waals surface area contributed by atoms with Gasteiger partial charge in [-0.3, -0.25) is 4.79 Å². The molecule has 1 aromatic heterocycles. The highest BCUT2D eigenvalue weighted by Crippen LogP contribution is 2.27. The average Bonchev–Trinajstić information content (AvgIpc) is 2.61. The molecule has 1 saturated heterocycles. The van der Waals surface area contributed by atoms with Gasteiger partial charge >= 0.3 is 5.97 Å². The molecule has 7 nitrogen and oxygen atoms in total. The third-order valence-electron chi connectivity index (χ3n) is 4.27. The van der Waals surface area contributed by atoms with Gasteiger partial charge in [0.15, 0.2) is 0 Å². The predicted molar refractivity (Wildman–Crippen MR) is 95.9 cm³/mol. The summed E-state index contributed by atoms with van der Waals surface area (Å²) in [7, 11) is 0. The number of fused-ring (bicyclic) bond motifs is 1. The first-order valence-corrected chi connectivity index (χ1v) is 8.61. The second-order valence-electron chi connectivity index (χ2n) is 6.22. The Bertz CT molecular complexity index is 746. The number of nitrogens with zero attached hydrogens (tertiary/aromatic N) is 3. The SMILES string of the molecule is CC(=O)OC(C)C(C)Oc1nc(N2CCNCC2)nc2ccccc12. The summed E-state index contributed by atoms with van der Waals surface area (Å²) in [5.74, 6) is 0.866. The molecule has 2 unspecified atom stereocenters. The Balaban J connectivity index is 1.90. The molecule has 2 atom stereocenters. The van der Waals surface area contributed by atoms with Crippen LogP contribution in [0.15, 0.2) is 24.3 Å². The minimum atomic E-state index is -0.367. The van der Waals surface area contributed by atoms with E-state index in [1.165, 1.54) is 6.92 Å². The summed E-state index contributed by atoms with van der Waals surface area (Å²) in [6, 6.07) is 7.78. The summed E-state index contributed by atoms with van der Waals surface area (Å²) in [4.78, 5) is 22.6. The molecule has 0 spiro atoms. The lowest BCUT2D eigenvalue weighted by atomic mass is 10.2. The smallest absolute Gasteiger partial charge is 0.303 e. The maximum Gasteiger partial charge on any atom is 0.303 e. The molecule has 2 aromatic rings. The molecule has 1 fully saturated rings. The first-order chi connectivity index (χ1) is 12.0. The van der Waals surface area contributed by atoms with Crippen molar-refractivity contribution < 1.29 is 14.3 Å². The van der Waals surface area contributed by atoms with Crippen molar-refractivity contribution in [3.63, 3.8) is 0 Å². The summed E-state index contributed by atoms with van der Waals surface area (Å²) in [6.45, 7) is 8.61. The number of rotatable bonds is 5. The number of ether oxygens (including phenoxy) is 2. The number of carbonyl (C=O) groups is 1. The quantitative estimate of drug-likeness (QED) is 0.828. The van der Waals surface area contributed by atoms with Gasteiger partial charge in [-0.05, 0) is 26.0 Å². The van der Waals surface area contributed by atoms with Gasteiger partial charge in [-0.1, -0.05) is 12.1 Å². The van der Waals surface area contributed by atoms with Crippen LogP contribution in [0.2, 0.25) is 0 Å². The van der Waals surface area contributed by atoms with Gasteiger partial charge in [0.05, 0.1) is 10.9 Å². The van der Waals surface area contributed by atoms with Crippen LogP contribution < -0.4 is 15.0 Å². The zero-order valence-electron chi connectivity index (χ0n) is 14.9. The zero-order valence-corrected chi connectivity index (χ0v) is 14.9. The third-order valence-corrected chi connectivity index (χ3v) is 4.27. The van der Waals surface area contributed by atoms with Crippen LogP contribution in [0, 0.1) is 0 Å². The second kappa shape index (κ2) is 7.65. The lowest BCUT2D eigenvalue weighted by Gasteiger charge is -2.28. The zero-order chi connectivity index (χ0) is 17.8. The molecule has 0 bridgehead atoms. The van der Waals surface area contributed by atoms with Gasteiger partial charge in [0.1, 0.15) is 12.2 Å². The third kappa shape index (κ3) is 4.17. The number of hydrogen-bond donors (Lipinski definition) is 1. The number of para-hydroxylation sites is 1. The fourth-order valence-corrected chi connectivity index (χ4v) is 2.76. The lowest BCUT2D eigenvalue weighted by molar-refractivity contribution is -0.149. The van der Waals surface area contributed by atoms with Crippen LogP contribution in [0.4, 0.5) is 5.95 Å². The van der Waals surface area contributed by atoms with Gasteiger partial charge < -0.3 is 19.7 Å². The van der Waals surface area contributed by atoms with E-state index in [4.69, 9.17) is 9.47 Å². The number of anilines is 1. The summed E-state index contributed by atoms with van der Waals surface area (Å²) in [5.41, 5.74) is 0.841. The summed E-state index contributed by atoms with van der Waals surface area (Å²) >= 11 is 0. The van der Waals surface area contributed by atoms with Gasteiger partial charge in [0, 0.05) is 33.1 Å². The molecule has 25 heavy (non-hydrogen) atoms. The van der Waals surface area contributed by atoms with Gasteiger partial charge in [-0.2, -0.15) is 4.98 Å². The standard InChI is InChI=1S/C18H24N4O3/c1-12(24-14(3)23)13(2)25-17-15-6-4-5-7-16(15)20-18(21-17)22-10-8-19-9-11-22/h4-7,12-13,19H,8-11H2,1-3H3. The molecule has 2 heterocycles. The Morgan fingerprint density at radius 2 is 1.88 bits per heavy atom. The Morgan fingerprint density at radius 3 is 2.60 bits per heavy atom. The van der Waals surface area contributed by atoms with Crippen molar-refractivity contribution in [3.05, 3.63) is 24.3 Å². The number of nitrogens with one attached hydrogen (secondary N) is 1. The van der Waals surface area contributed by atoms with Crippen LogP contribution in [0.1, 0.15) is 20.8 Å². The minimum absolute atomic E-state index is 0.321. The van der Waals surface area contributed by atoms with Gasteiger partial charge in [-0.15, -0.1) is 0 Å². The Morgan fingerprint density at radius 1 is 1.16 bits per heavy atom. The first-order valence-electron chi connectivity index (χ1n) is 8.61. The molecule has 0 aliphatic carbocycles. The van der Waals surface area contributed by atoms with Gasteiger partial charge in [-0.25, -0.2) is 4.98 Å². The largest absolute Gasteiger partial charge is 0.470 e. The van der Waals surface area contributed by atoms with Crippen molar-refractivity contribution in [2.75, 3.05) is 31.1 Å². The number of esters is 1. The van der Waals surface area contributed by atoms with Crippen molar-refractivity contribution in [1.82, 2.24) is 15.3 Å². The molecular formula is C18H24N4O3. The van der Waals surface area contributed by atoms with E-state index in [1.54, 1.807) is 0 Å². The molecule has 0 radical (unpaired) electrons. The maximum absolute atomic E-state index is 11.2. The number of piperazine rings is 1. The van der Waals surface area contributed by atoms with Crippen LogP contribution in [0.5, 0.6) is 5.88 Å². The van der Waals surface area contributed by atoms with E-state index in [0.29, 0.717) is 11.8 Å². The summed E-state index contributed by atoms with van der Waals surface area (Å²) in [6.07, 6.45) is -0.688. The van der Waals surface area contributed by atoms with Crippen LogP contribution in [0.3, 0.4) is 0 Å². The van der Waals surface area contributed by atoms with Crippen molar-refractivity contribution in [2.24, 2.45) is 0 Å². The highest BCUT2D eigenvalue weighted by Gasteiger charge is 2.21. The molecule has 3 rings (SSSR count). The minimum Gasteiger partial charge on any atom is -0.470 e. The fraction of sp³-hybridized carbons (Fsp3) is 0.500. The van der Waals surface area contributed by atoms with E-state index >= 15 is 0 Å². The molecular weight excluding hydrogens is 320 g/mol. The molecule has 1 aromatic carbocycles. The van der Waals surface area contributed by atoms with E-state index in [0.717, 1.165) is 37.1 Å². The lowest BCUT2D eigenvalue weighted by Crippen LogP contribution is -2.44. The van der Waals surface area contributed by atoms with Gasteiger partial charge in [0.2, 0.25) is 11.8 Å². The number of hydrogen-bond acceptors (Lipinski definition) is 7. The fourth-order valence-electron chi connectivity index (χ4n) is 2.76. The average molecular weight is 344 g/mol. The summed E-state index contributed by atoms with van der Waals surface area (Å²) in [5, 5.41) is 4.17. The highest BCUT2D eigenvalue weighted by atomic mass is 16.6. The maximum atomic E-state index is 11.2. The van der Waals surface area contributed by atoms with E-state index in [-0.39, 0.29) is 18.2 Å². The Hall–Kier alpha value is -2.41. The van der Waals surface area contributed by atoms with Crippen molar-refractivity contribution in [3.8, 4) is 5.88 Å². The molecule has 0 saturated carbocycles. The number of benzene rings is 1. The molecule has 7 heteroatoms. The highest BCUT2D eigenvalue weighted by molar-refractivity contribution is 5.84. The number of carbonyl (C=O) groups excluding carboxylic acids is 1. The normalized spacial score (nSPS) is 17.2. The summed E-state index contributed by atoms with van der Waals surface area (Å²) < 4.78 is 11.3. The molecule has 0 amide bonds. The van der Waals surface area contributed by atoms with Crippen LogP contribution in [-0.2, 0) is 9.53 Å². The topological polar surface area (TPSA) is 76.6 Å². The molecule has 1 aliphatic rings. The predicted octanol–water partition coefficient (Wildman–Crippen LogP) is 1.76. The monoisotopic (exact) mass is 344 g/mol. The number of aromatic nitrogens is 2. The van der Waals surface area contributed by atoms with Crippen molar-refractivity contribution >= 4 is 22.8 Å². The molecule has 1 aliphatic heterocycles. The van der Waals surface area contributed by atoms with Crippen molar-refractivity contribution in [2.45, 2.75) is 33.0 Å². The van der Waals surface area contributed by atoms with Crippen LogP contribution in [0.25, 0.3) is 10.9 Å². The van der Waals surface area contributed by atoms with Crippen molar-refractivity contribution in [1.29, 1.82) is 0 Å². The van der Waals surface area contributed by atoms with Crippen LogP contribution in [-0.4, -0.2) is 54.3 Å². The van der Waals surface area contributed by atoms with Crippen LogP contribution >= 0.6 is 0 Å². The molecule has 134 valence electrons. The molecule has 1 N–H and O–H groups in total. The first kappa shape index (κ1) is 17.4. The Kier molecular flexibility index (Phi) is 5.33. The van der Waals surface area contributed by atoms with E-state index in [2.05, 4.69) is 20.2 Å².